The second-order valence-corrected chi connectivity index (χ2v) is 7.63. The smallest absolute Gasteiger partial charge is 0.0486 e. The first-order chi connectivity index (χ1) is 12.6. The molecule has 1 aromatic rings. The quantitative estimate of drug-likeness (QED) is 0.509. The van der Waals surface area contributed by atoms with Crippen molar-refractivity contribution in [3.63, 3.8) is 0 Å². The molecule has 1 nitrogen and oxygen atoms in total. The van der Waals surface area contributed by atoms with E-state index in [0.29, 0.717) is 5.92 Å². The van der Waals surface area contributed by atoms with Gasteiger partial charge in [-0.2, -0.15) is 0 Å². The summed E-state index contributed by atoms with van der Waals surface area (Å²) in [6, 6.07) is 8.12. The van der Waals surface area contributed by atoms with Crippen LogP contribution in [0.1, 0.15) is 25.3 Å². The van der Waals surface area contributed by atoms with E-state index >= 15 is 0 Å². The molecule has 134 valence electrons. The molecule has 0 radical (unpaired) electrons. The van der Waals surface area contributed by atoms with Crippen LogP contribution in [-0.2, 0) is 6.42 Å². The lowest BCUT2D eigenvalue weighted by Gasteiger charge is -2.24. The molecular formula is C24H26ClN. The van der Waals surface area contributed by atoms with Gasteiger partial charge < -0.3 is 0 Å². The molecular weight excluding hydrogens is 338 g/mol. The van der Waals surface area contributed by atoms with Crippen LogP contribution in [0.4, 0.5) is 0 Å². The molecule has 0 spiro atoms. The fourth-order valence-corrected chi connectivity index (χ4v) is 3.87. The zero-order valence-electron chi connectivity index (χ0n) is 15.4. The van der Waals surface area contributed by atoms with Crippen molar-refractivity contribution in [2.75, 3.05) is 6.54 Å². The summed E-state index contributed by atoms with van der Waals surface area (Å²) in [5.41, 5.74) is 3.84. The zero-order chi connectivity index (χ0) is 18.4. The summed E-state index contributed by atoms with van der Waals surface area (Å²) in [4.78, 5) is 4.86. The van der Waals surface area contributed by atoms with Crippen LogP contribution in [0, 0.1) is 11.3 Å². The summed E-state index contributed by atoms with van der Waals surface area (Å²) in [5, 5.41) is 0.789. The summed E-state index contributed by atoms with van der Waals surface area (Å²) in [6.07, 6.45) is 20.2. The van der Waals surface area contributed by atoms with Crippen molar-refractivity contribution in [3.8, 4) is 0 Å². The van der Waals surface area contributed by atoms with Crippen molar-refractivity contribution in [2.24, 2.45) is 16.3 Å². The summed E-state index contributed by atoms with van der Waals surface area (Å²) in [7, 11) is 0. The molecule has 0 N–H and O–H groups in total. The van der Waals surface area contributed by atoms with E-state index in [0.717, 1.165) is 30.8 Å². The van der Waals surface area contributed by atoms with E-state index in [-0.39, 0.29) is 5.41 Å². The van der Waals surface area contributed by atoms with E-state index in [4.69, 9.17) is 16.6 Å². The highest BCUT2D eigenvalue weighted by Crippen LogP contribution is 2.36. The van der Waals surface area contributed by atoms with E-state index in [1.165, 1.54) is 16.8 Å². The van der Waals surface area contributed by atoms with Gasteiger partial charge in [0.1, 0.15) is 0 Å². The zero-order valence-corrected chi connectivity index (χ0v) is 16.1. The highest BCUT2D eigenvalue weighted by Gasteiger charge is 2.33. The molecule has 0 saturated carbocycles. The first kappa shape index (κ1) is 18.7. The third-order valence-electron chi connectivity index (χ3n) is 5.05. The van der Waals surface area contributed by atoms with E-state index in [1.54, 1.807) is 0 Å². The predicted molar refractivity (Wildman–Crippen MR) is 114 cm³/mol. The highest BCUT2D eigenvalue weighted by atomic mass is 35.5. The van der Waals surface area contributed by atoms with Crippen molar-refractivity contribution >= 4 is 17.3 Å². The molecule has 1 aliphatic carbocycles. The third-order valence-corrected chi connectivity index (χ3v) is 5.29. The lowest BCUT2D eigenvalue weighted by Crippen LogP contribution is -2.22. The Morgan fingerprint density at radius 1 is 1.35 bits per heavy atom. The Kier molecular flexibility index (Phi) is 6.11. The fourth-order valence-electron chi connectivity index (χ4n) is 3.65. The molecule has 26 heavy (non-hydrogen) atoms. The number of rotatable bonds is 6. The molecule has 1 aromatic carbocycles. The van der Waals surface area contributed by atoms with Gasteiger partial charge in [0.2, 0.25) is 0 Å². The van der Waals surface area contributed by atoms with Crippen molar-refractivity contribution in [2.45, 2.75) is 26.2 Å². The Balaban J connectivity index is 1.65. The van der Waals surface area contributed by atoms with Crippen molar-refractivity contribution in [1.82, 2.24) is 0 Å². The average molecular weight is 364 g/mol. The van der Waals surface area contributed by atoms with Gasteiger partial charge in [0, 0.05) is 35.0 Å². The normalized spacial score (nSPS) is 25.2. The molecule has 3 rings (SSSR count). The van der Waals surface area contributed by atoms with Crippen LogP contribution < -0.4 is 0 Å². The van der Waals surface area contributed by atoms with E-state index in [2.05, 4.69) is 68.2 Å². The first-order valence-corrected chi connectivity index (χ1v) is 9.59. The number of benzene rings is 1. The van der Waals surface area contributed by atoms with Crippen molar-refractivity contribution < 1.29 is 0 Å². The van der Waals surface area contributed by atoms with E-state index in [1.807, 2.05) is 18.2 Å². The number of hydrogen-bond donors (Lipinski definition) is 0. The Labute approximate surface area is 162 Å². The molecule has 1 heterocycles. The van der Waals surface area contributed by atoms with Crippen LogP contribution in [0.2, 0.25) is 5.02 Å². The molecule has 2 heteroatoms. The maximum absolute atomic E-state index is 6.15. The standard InChI is InChI=1S/C24H26ClN/c1-3-7-19-8-5-9-20(13-12-19)15-23-17-24(4-2,18-26-23)16-21-10-6-11-22(25)14-21/h3-14,19H,2,15-18H2,1H3/b7-3-. The van der Waals surface area contributed by atoms with Gasteiger partial charge in [0.25, 0.3) is 0 Å². The topological polar surface area (TPSA) is 12.4 Å². The summed E-state index contributed by atoms with van der Waals surface area (Å²) >= 11 is 6.15. The lowest BCUT2D eigenvalue weighted by molar-refractivity contribution is 0.433. The second-order valence-electron chi connectivity index (χ2n) is 7.20. The second kappa shape index (κ2) is 8.51. The molecule has 0 amide bonds. The molecule has 2 aliphatic rings. The monoisotopic (exact) mass is 363 g/mol. The number of halogens is 1. The van der Waals surface area contributed by atoms with Gasteiger partial charge in [-0.25, -0.2) is 0 Å². The predicted octanol–water partition coefficient (Wildman–Crippen LogP) is 6.53. The van der Waals surface area contributed by atoms with E-state index in [9.17, 15) is 0 Å². The van der Waals surface area contributed by atoms with Gasteiger partial charge in [0.05, 0.1) is 0 Å². The molecule has 0 saturated heterocycles. The minimum atomic E-state index is 0.0122. The minimum absolute atomic E-state index is 0.0122. The van der Waals surface area contributed by atoms with Gasteiger partial charge >= 0.3 is 0 Å². The Morgan fingerprint density at radius 2 is 2.23 bits per heavy atom. The Hall–Kier alpha value is -2.12. The maximum atomic E-state index is 6.15. The largest absolute Gasteiger partial charge is 0.293 e. The summed E-state index contributed by atoms with van der Waals surface area (Å²) in [5.74, 6) is 0.384. The molecule has 0 aromatic heterocycles. The summed E-state index contributed by atoms with van der Waals surface area (Å²) < 4.78 is 0. The van der Waals surface area contributed by atoms with E-state index < -0.39 is 0 Å². The molecule has 0 fully saturated rings. The van der Waals surface area contributed by atoms with Gasteiger partial charge in [0.15, 0.2) is 0 Å². The first-order valence-electron chi connectivity index (χ1n) is 9.21. The lowest BCUT2D eigenvalue weighted by atomic mass is 9.79. The molecule has 2 atom stereocenters. The number of aliphatic imine (C=N–C) groups is 1. The Morgan fingerprint density at radius 3 is 3.00 bits per heavy atom. The Bertz CT molecular complexity index is 809. The van der Waals surface area contributed by atoms with Gasteiger partial charge in [-0.3, -0.25) is 4.99 Å². The average Bonchev–Trinajstić information content (AvgIpc) is 2.88. The maximum Gasteiger partial charge on any atom is 0.0486 e. The van der Waals surface area contributed by atoms with Crippen LogP contribution >= 0.6 is 11.6 Å². The number of nitrogens with zero attached hydrogens (tertiary/aromatic N) is 1. The van der Waals surface area contributed by atoms with Gasteiger partial charge in [-0.05, 0) is 43.0 Å². The van der Waals surface area contributed by atoms with Crippen LogP contribution in [-0.4, -0.2) is 12.3 Å². The number of allylic oxidation sites excluding steroid dienone is 8. The van der Waals surface area contributed by atoms with Crippen LogP contribution in [0.25, 0.3) is 0 Å². The van der Waals surface area contributed by atoms with Gasteiger partial charge in [-0.1, -0.05) is 72.3 Å². The molecule has 2 unspecified atom stereocenters. The molecule has 0 bridgehead atoms. The number of hydrogen-bond acceptors (Lipinski definition) is 1. The fraction of sp³-hybridized carbons (Fsp3) is 0.292. The van der Waals surface area contributed by atoms with Crippen LogP contribution in [0.3, 0.4) is 0 Å². The van der Waals surface area contributed by atoms with Crippen LogP contribution in [0.15, 0.2) is 90.0 Å². The third kappa shape index (κ3) is 4.74. The molecule has 1 aliphatic heterocycles. The SMILES string of the molecule is C=CC1(Cc2cccc(Cl)c2)CN=C(CC2=CC=CC(/C=C\C)C=C2)C1. The highest BCUT2D eigenvalue weighted by molar-refractivity contribution is 6.30. The van der Waals surface area contributed by atoms with Crippen molar-refractivity contribution in [3.05, 3.63) is 95.6 Å². The van der Waals surface area contributed by atoms with Crippen molar-refractivity contribution in [1.29, 1.82) is 0 Å². The van der Waals surface area contributed by atoms with Crippen LogP contribution in [0.5, 0.6) is 0 Å². The summed E-state index contributed by atoms with van der Waals surface area (Å²) in [6.45, 7) is 6.98. The van der Waals surface area contributed by atoms with Gasteiger partial charge in [-0.15, -0.1) is 6.58 Å². The minimum Gasteiger partial charge on any atom is -0.293 e.